The summed E-state index contributed by atoms with van der Waals surface area (Å²) in [6.07, 6.45) is 4.40. The van der Waals surface area contributed by atoms with E-state index in [-0.39, 0.29) is 6.03 Å². The molecule has 1 aliphatic heterocycles. The van der Waals surface area contributed by atoms with Crippen molar-refractivity contribution in [1.29, 1.82) is 0 Å². The van der Waals surface area contributed by atoms with Crippen LogP contribution in [0.2, 0.25) is 0 Å². The third kappa shape index (κ3) is 4.83. The SMILES string of the molecule is CCc1cccc(NC(=O)N2CCN(c3ccc(Nc4cccnc4)nn3)CC2)c1. The normalized spacial score (nSPS) is 13.8. The summed E-state index contributed by atoms with van der Waals surface area (Å²) in [6, 6.07) is 15.5. The van der Waals surface area contributed by atoms with Crippen molar-refractivity contribution < 1.29 is 4.79 Å². The van der Waals surface area contributed by atoms with E-state index in [0.717, 1.165) is 23.6 Å². The van der Waals surface area contributed by atoms with Gasteiger partial charge in [-0.05, 0) is 48.4 Å². The number of hydrogen-bond donors (Lipinski definition) is 2. The lowest BCUT2D eigenvalue weighted by atomic mass is 10.1. The smallest absolute Gasteiger partial charge is 0.321 e. The van der Waals surface area contributed by atoms with Gasteiger partial charge in [0.1, 0.15) is 0 Å². The molecular weight excluding hydrogens is 378 g/mol. The highest BCUT2D eigenvalue weighted by molar-refractivity contribution is 5.89. The lowest BCUT2D eigenvalue weighted by Gasteiger charge is -2.35. The second kappa shape index (κ2) is 9.21. The van der Waals surface area contributed by atoms with Crippen molar-refractivity contribution in [2.45, 2.75) is 13.3 Å². The van der Waals surface area contributed by atoms with Crippen LogP contribution in [-0.4, -0.2) is 52.3 Å². The average Bonchev–Trinajstić information content (AvgIpc) is 2.80. The first-order chi connectivity index (χ1) is 14.7. The molecule has 3 heterocycles. The first kappa shape index (κ1) is 19.6. The maximum Gasteiger partial charge on any atom is 0.321 e. The zero-order chi connectivity index (χ0) is 20.8. The summed E-state index contributed by atoms with van der Waals surface area (Å²) < 4.78 is 0. The van der Waals surface area contributed by atoms with Gasteiger partial charge >= 0.3 is 6.03 Å². The molecule has 0 radical (unpaired) electrons. The summed E-state index contributed by atoms with van der Waals surface area (Å²) in [5.74, 6) is 1.47. The van der Waals surface area contributed by atoms with Gasteiger partial charge in [-0.15, -0.1) is 10.2 Å². The third-order valence-electron chi connectivity index (χ3n) is 5.06. The van der Waals surface area contributed by atoms with E-state index in [2.05, 4.69) is 43.7 Å². The molecule has 3 aromatic rings. The molecule has 4 rings (SSSR count). The minimum absolute atomic E-state index is 0.0648. The van der Waals surface area contributed by atoms with Crippen LogP contribution in [0.15, 0.2) is 60.9 Å². The average molecular weight is 403 g/mol. The van der Waals surface area contributed by atoms with Gasteiger partial charge in [0.05, 0.1) is 11.9 Å². The summed E-state index contributed by atoms with van der Waals surface area (Å²) in [7, 11) is 0. The standard InChI is InChI=1S/C22H25N7O/c1-2-17-5-3-6-18(15-17)25-22(30)29-13-11-28(12-14-29)21-9-8-20(26-27-21)24-19-7-4-10-23-16-19/h3-10,15-16H,2,11-14H2,1H3,(H,24,26)(H,25,30). The number of pyridine rings is 1. The van der Waals surface area contributed by atoms with Gasteiger partial charge in [-0.25, -0.2) is 4.79 Å². The molecular formula is C22H25N7O. The monoisotopic (exact) mass is 403 g/mol. The summed E-state index contributed by atoms with van der Waals surface area (Å²) >= 11 is 0. The molecule has 1 fully saturated rings. The van der Waals surface area contributed by atoms with Crippen LogP contribution in [0.5, 0.6) is 0 Å². The fourth-order valence-corrected chi connectivity index (χ4v) is 3.36. The van der Waals surface area contributed by atoms with E-state index in [9.17, 15) is 4.79 Å². The second-order valence-corrected chi connectivity index (χ2v) is 7.10. The Morgan fingerprint density at radius 2 is 1.83 bits per heavy atom. The number of piperazine rings is 1. The van der Waals surface area contributed by atoms with Crippen LogP contribution in [0.4, 0.5) is 27.8 Å². The third-order valence-corrected chi connectivity index (χ3v) is 5.06. The van der Waals surface area contributed by atoms with Gasteiger partial charge in [0.25, 0.3) is 0 Å². The van der Waals surface area contributed by atoms with Crippen LogP contribution in [0.25, 0.3) is 0 Å². The van der Waals surface area contributed by atoms with E-state index in [0.29, 0.717) is 32.0 Å². The highest BCUT2D eigenvalue weighted by Crippen LogP contribution is 2.18. The Balaban J connectivity index is 1.30. The van der Waals surface area contributed by atoms with Crippen molar-refractivity contribution in [3.8, 4) is 0 Å². The molecule has 30 heavy (non-hydrogen) atoms. The number of nitrogens with zero attached hydrogens (tertiary/aromatic N) is 5. The number of aromatic nitrogens is 3. The molecule has 8 nitrogen and oxygen atoms in total. The lowest BCUT2D eigenvalue weighted by molar-refractivity contribution is 0.208. The highest BCUT2D eigenvalue weighted by atomic mass is 16.2. The number of benzene rings is 1. The van der Waals surface area contributed by atoms with E-state index < -0.39 is 0 Å². The topological polar surface area (TPSA) is 86.3 Å². The van der Waals surface area contributed by atoms with Crippen molar-refractivity contribution in [3.05, 3.63) is 66.5 Å². The Morgan fingerprint density at radius 3 is 2.53 bits per heavy atom. The summed E-state index contributed by atoms with van der Waals surface area (Å²) in [6.45, 7) is 4.80. The molecule has 0 unspecified atom stereocenters. The van der Waals surface area contributed by atoms with E-state index in [4.69, 9.17) is 0 Å². The Labute approximate surface area is 176 Å². The first-order valence-electron chi connectivity index (χ1n) is 10.1. The minimum Gasteiger partial charge on any atom is -0.352 e. The molecule has 154 valence electrons. The molecule has 0 spiro atoms. The van der Waals surface area contributed by atoms with E-state index in [1.54, 1.807) is 12.4 Å². The van der Waals surface area contributed by atoms with E-state index >= 15 is 0 Å². The van der Waals surface area contributed by atoms with Crippen molar-refractivity contribution in [2.75, 3.05) is 41.7 Å². The number of carbonyl (C=O) groups is 1. The predicted octanol–water partition coefficient (Wildman–Crippen LogP) is 3.53. The Bertz CT molecular complexity index is 970. The van der Waals surface area contributed by atoms with Crippen LogP contribution in [0.1, 0.15) is 12.5 Å². The molecule has 0 atom stereocenters. The molecule has 0 bridgehead atoms. The molecule has 0 saturated carbocycles. The maximum absolute atomic E-state index is 12.6. The van der Waals surface area contributed by atoms with Gasteiger partial charge in [0.2, 0.25) is 0 Å². The molecule has 2 aromatic heterocycles. The van der Waals surface area contributed by atoms with Gasteiger partial charge < -0.3 is 20.4 Å². The Morgan fingerprint density at radius 1 is 1.00 bits per heavy atom. The second-order valence-electron chi connectivity index (χ2n) is 7.10. The Hall–Kier alpha value is -3.68. The molecule has 0 aliphatic carbocycles. The van der Waals surface area contributed by atoms with E-state index in [1.807, 2.05) is 47.4 Å². The number of nitrogens with one attached hydrogen (secondary N) is 2. The zero-order valence-corrected chi connectivity index (χ0v) is 17.0. The molecule has 2 N–H and O–H groups in total. The van der Waals surface area contributed by atoms with E-state index in [1.165, 1.54) is 5.56 Å². The molecule has 1 saturated heterocycles. The van der Waals surface area contributed by atoms with Gasteiger partial charge in [-0.1, -0.05) is 19.1 Å². The Kier molecular flexibility index (Phi) is 6.03. The van der Waals surface area contributed by atoms with Crippen LogP contribution in [0.3, 0.4) is 0 Å². The van der Waals surface area contributed by atoms with Crippen LogP contribution < -0.4 is 15.5 Å². The molecule has 8 heteroatoms. The number of aryl methyl sites for hydroxylation is 1. The number of anilines is 4. The highest BCUT2D eigenvalue weighted by Gasteiger charge is 2.22. The van der Waals surface area contributed by atoms with Gasteiger partial charge in [0, 0.05) is 38.1 Å². The van der Waals surface area contributed by atoms with Crippen LogP contribution in [-0.2, 0) is 6.42 Å². The number of carbonyl (C=O) groups excluding carboxylic acids is 1. The number of hydrogen-bond acceptors (Lipinski definition) is 6. The zero-order valence-electron chi connectivity index (χ0n) is 17.0. The lowest BCUT2D eigenvalue weighted by Crippen LogP contribution is -2.50. The largest absolute Gasteiger partial charge is 0.352 e. The van der Waals surface area contributed by atoms with Gasteiger partial charge in [-0.2, -0.15) is 0 Å². The quantitative estimate of drug-likeness (QED) is 0.678. The number of amides is 2. The molecule has 2 amide bonds. The summed E-state index contributed by atoms with van der Waals surface area (Å²) in [5.41, 5.74) is 2.91. The van der Waals surface area contributed by atoms with Gasteiger partial charge in [-0.3, -0.25) is 4.98 Å². The fraction of sp³-hybridized carbons (Fsp3) is 0.273. The number of urea groups is 1. The van der Waals surface area contributed by atoms with Crippen LogP contribution >= 0.6 is 0 Å². The van der Waals surface area contributed by atoms with Crippen LogP contribution in [0, 0.1) is 0 Å². The summed E-state index contributed by atoms with van der Waals surface area (Å²) in [4.78, 5) is 20.6. The van der Waals surface area contributed by atoms with Gasteiger partial charge in [0.15, 0.2) is 11.6 Å². The van der Waals surface area contributed by atoms with Crippen molar-refractivity contribution in [1.82, 2.24) is 20.1 Å². The molecule has 1 aliphatic rings. The van der Waals surface area contributed by atoms with Crippen molar-refractivity contribution >= 4 is 29.0 Å². The fourth-order valence-electron chi connectivity index (χ4n) is 3.36. The number of rotatable bonds is 5. The first-order valence-corrected chi connectivity index (χ1v) is 10.1. The van der Waals surface area contributed by atoms with Crippen molar-refractivity contribution in [2.24, 2.45) is 0 Å². The summed E-state index contributed by atoms with van der Waals surface area (Å²) in [5, 5.41) is 14.8. The predicted molar refractivity (Wildman–Crippen MR) is 118 cm³/mol. The minimum atomic E-state index is -0.0648. The molecule has 1 aromatic carbocycles. The van der Waals surface area contributed by atoms with Crippen molar-refractivity contribution in [3.63, 3.8) is 0 Å². The maximum atomic E-state index is 12.6.